The van der Waals surface area contributed by atoms with E-state index in [9.17, 15) is 0 Å². The van der Waals surface area contributed by atoms with Crippen LogP contribution < -0.4 is 5.19 Å². The van der Waals surface area contributed by atoms with E-state index in [1.54, 1.807) is 10.8 Å². The lowest BCUT2D eigenvalue weighted by Gasteiger charge is -2.30. The highest BCUT2D eigenvalue weighted by atomic mass is 28.3. The summed E-state index contributed by atoms with van der Waals surface area (Å²) in [5.41, 5.74) is 6.62. The molecular weight excluding hydrogens is 268 g/mol. The molecule has 2 aromatic carbocycles. The first-order valence-corrected chi connectivity index (χ1v) is 10.8. The molecule has 0 fully saturated rings. The Hall–Kier alpha value is -1.86. The highest BCUT2D eigenvalue weighted by molar-refractivity contribution is 6.92. The zero-order chi connectivity index (χ0) is 14.4. The van der Waals surface area contributed by atoms with E-state index < -0.39 is 8.07 Å². The van der Waals surface area contributed by atoms with Crippen molar-refractivity contribution in [3.8, 4) is 11.1 Å². The number of hydrogen-bond donors (Lipinski definition) is 0. The molecular formula is C20H20Si. The third-order valence-electron chi connectivity index (χ3n) is 5.13. The van der Waals surface area contributed by atoms with Gasteiger partial charge in [0.25, 0.3) is 0 Å². The summed E-state index contributed by atoms with van der Waals surface area (Å²) in [4.78, 5) is 0. The maximum atomic E-state index is 2.51. The second-order valence-electron chi connectivity index (χ2n) is 6.68. The maximum Gasteiger partial charge on any atom is 0.0915 e. The van der Waals surface area contributed by atoms with E-state index in [4.69, 9.17) is 0 Å². The molecule has 2 aromatic rings. The highest BCUT2D eigenvalue weighted by Gasteiger charge is 2.35. The Morgan fingerprint density at radius 1 is 0.857 bits per heavy atom. The van der Waals surface area contributed by atoms with Gasteiger partial charge in [-0.1, -0.05) is 85.0 Å². The van der Waals surface area contributed by atoms with Gasteiger partial charge in [-0.2, -0.15) is 0 Å². The zero-order valence-electron chi connectivity index (χ0n) is 12.6. The summed E-state index contributed by atoms with van der Waals surface area (Å²) in [5, 5.41) is 1.64. The molecule has 0 radical (unpaired) electrons. The van der Waals surface area contributed by atoms with Gasteiger partial charge < -0.3 is 0 Å². The van der Waals surface area contributed by atoms with E-state index in [1.807, 2.05) is 0 Å². The van der Waals surface area contributed by atoms with Crippen LogP contribution in [-0.4, -0.2) is 8.07 Å². The molecule has 4 rings (SSSR count). The SMILES string of the molecule is C[Si](C)(c1cccc2c1Cc1ccccc1-2)C1C=CC=C1. The van der Waals surface area contributed by atoms with Gasteiger partial charge in [-0.05, 0) is 34.2 Å². The van der Waals surface area contributed by atoms with Crippen molar-refractivity contribution in [1.82, 2.24) is 0 Å². The average Bonchev–Trinajstić information content (AvgIpc) is 3.14. The second-order valence-corrected chi connectivity index (χ2v) is 11.3. The van der Waals surface area contributed by atoms with Crippen molar-refractivity contribution >= 4 is 13.3 Å². The van der Waals surface area contributed by atoms with Gasteiger partial charge in [0.15, 0.2) is 0 Å². The van der Waals surface area contributed by atoms with Crippen molar-refractivity contribution in [2.75, 3.05) is 0 Å². The van der Waals surface area contributed by atoms with E-state index in [0.29, 0.717) is 5.54 Å². The first-order chi connectivity index (χ1) is 10.2. The molecule has 1 heteroatoms. The van der Waals surface area contributed by atoms with Crippen molar-refractivity contribution in [1.29, 1.82) is 0 Å². The number of rotatable bonds is 2. The molecule has 0 aliphatic heterocycles. The minimum absolute atomic E-state index is 0.632. The predicted molar refractivity (Wildman–Crippen MR) is 93.8 cm³/mol. The average molecular weight is 288 g/mol. The van der Waals surface area contributed by atoms with Crippen LogP contribution in [0.1, 0.15) is 11.1 Å². The van der Waals surface area contributed by atoms with Crippen molar-refractivity contribution in [3.05, 3.63) is 77.9 Å². The van der Waals surface area contributed by atoms with Gasteiger partial charge in [-0.25, -0.2) is 0 Å². The maximum absolute atomic E-state index is 2.51. The topological polar surface area (TPSA) is 0 Å². The molecule has 0 unspecified atom stereocenters. The van der Waals surface area contributed by atoms with Gasteiger partial charge in [0, 0.05) is 0 Å². The Morgan fingerprint density at radius 2 is 1.57 bits per heavy atom. The van der Waals surface area contributed by atoms with Crippen LogP contribution in [0.2, 0.25) is 18.6 Å². The zero-order valence-corrected chi connectivity index (χ0v) is 13.6. The summed E-state index contributed by atoms with van der Waals surface area (Å²) in [6.45, 7) is 5.02. The molecule has 0 saturated heterocycles. The van der Waals surface area contributed by atoms with E-state index >= 15 is 0 Å². The molecule has 104 valence electrons. The monoisotopic (exact) mass is 288 g/mol. The summed E-state index contributed by atoms with van der Waals surface area (Å²) >= 11 is 0. The molecule has 21 heavy (non-hydrogen) atoms. The predicted octanol–water partition coefficient (Wildman–Crippen LogP) is 4.67. The van der Waals surface area contributed by atoms with Crippen molar-refractivity contribution in [3.63, 3.8) is 0 Å². The Kier molecular flexibility index (Phi) is 2.80. The summed E-state index contributed by atoms with van der Waals surface area (Å²) in [6.07, 6.45) is 10.3. The Morgan fingerprint density at radius 3 is 2.38 bits per heavy atom. The van der Waals surface area contributed by atoms with Crippen molar-refractivity contribution in [2.24, 2.45) is 0 Å². The van der Waals surface area contributed by atoms with Crippen LogP contribution in [0.5, 0.6) is 0 Å². The highest BCUT2D eigenvalue weighted by Crippen LogP contribution is 2.38. The van der Waals surface area contributed by atoms with Crippen LogP contribution in [0.25, 0.3) is 11.1 Å². The molecule has 2 aliphatic rings. The van der Waals surface area contributed by atoms with Crippen LogP contribution in [0, 0.1) is 0 Å². The van der Waals surface area contributed by atoms with Crippen molar-refractivity contribution < 1.29 is 0 Å². The Balaban J connectivity index is 1.87. The van der Waals surface area contributed by atoms with Crippen LogP contribution in [0.15, 0.2) is 66.8 Å². The molecule has 0 atom stereocenters. The minimum Gasteiger partial charge on any atom is -0.0800 e. The molecule has 0 N–H and O–H groups in total. The van der Waals surface area contributed by atoms with E-state index in [2.05, 4.69) is 79.9 Å². The lowest BCUT2D eigenvalue weighted by molar-refractivity contribution is 1.25. The minimum atomic E-state index is -1.52. The van der Waals surface area contributed by atoms with E-state index in [-0.39, 0.29) is 0 Å². The summed E-state index contributed by atoms with van der Waals surface area (Å²) in [6, 6.07) is 15.8. The molecule has 0 amide bonds. The van der Waals surface area contributed by atoms with Gasteiger partial charge in [0.2, 0.25) is 0 Å². The van der Waals surface area contributed by atoms with E-state index in [1.165, 1.54) is 16.7 Å². The lowest BCUT2D eigenvalue weighted by atomic mass is 10.1. The summed E-state index contributed by atoms with van der Waals surface area (Å²) < 4.78 is 0. The van der Waals surface area contributed by atoms with Gasteiger partial charge in [0.1, 0.15) is 0 Å². The fourth-order valence-corrected chi connectivity index (χ4v) is 6.92. The fraction of sp³-hybridized carbons (Fsp3) is 0.200. The molecule has 0 nitrogen and oxygen atoms in total. The van der Waals surface area contributed by atoms with Crippen LogP contribution in [0.3, 0.4) is 0 Å². The third kappa shape index (κ3) is 1.88. The Labute approximate surface area is 127 Å². The fourth-order valence-electron chi connectivity index (χ4n) is 3.85. The largest absolute Gasteiger partial charge is 0.0915 e. The van der Waals surface area contributed by atoms with E-state index in [0.717, 1.165) is 6.42 Å². The molecule has 0 aromatic heterocycles. The smallest absolute Gasteiger partial charge is 0.0800 e. The molecule has 0 spiro atoms. The van der Waals surface area contributed by atoms with Gasteiger partial charge >= 0.3 is 0 Å². The first-order valence-electron chi connectivity index (χ1n) is 7.73. The standard InChI is InChI=1S/C20H20Si/c1-21(2,16-9-4-5-10-16)20-13-7-12-18-17-11-6-3-8-15(17)14-19(18)20/h3-13,16H,14H2,1-2H3. The Bertz CT molecular complexity index is 753. The van der Waals surface area contributed by atoms with Gasteiger partial charge in [-0.3, -0.25) is 0 Å². The molecule has 0 bridgehead atoms. The first kappa shape index (κ1) is 12.8. The molecule has 2 aliphatic carbocycles. The number of hydrogen-bond acceptors (Lipinski definition) is 0. The van der Waals surface area contributed by atoms with Gasteiger partial charge in [-0.15, -0.1) is 0 Å². The molecule has 0 heterocycles. The second kappa shape index (κ2) is 4.57. The number of benzene rings is 2. The van der Waals surface area contributed by atoms with Crippen LogP contribution in [0.4, 0.5) is 0 Å². The summed E-state index contributed by atoms with van der Waals surface area (Å²) in [7, 11) is -1.52. The number of allylic oxidation sites excluding steroid dienone is 4. The van der Waals surface area contributed by atoms with Crippen LogP contribution in [-0.2, 0) is 6.42 Å². The quantitative estimate of drug-likeness (QED) is 0.601. The normalized spacial score (nSPS) is 16.3. The van der Waals surface area contributed by atoms with Crippen molar-refractivity contribution in [2.45, 2.75) is 25.1 Å². The summed E-state index contributed by atoms with van der Waals surface area (Å²) in [5.74, 6) is 0. The van der Waals surface area contributed by atoms with Gasteiger partial charge in [0.05, 0.1) is 8.07 Å². The third-order valence-corrected chi connectivity index (χ3v) is 9.03. The molecule has 0 saturated carbocycles. The van der Waals surface area contributed by atoms with Crippen LogP contribution >= 0.6 is 0 Å². The lowest BCUT2D eigenvalue weighted by Crippen LogP contribution is -2.46. The number of fused-ring (bicyclic) bond motifs is 3.